The van der Waals surface area contributed by atoms with Gasteiger partial charge in [-0.25, -0.2) is 23.1 Å². The Morgan fingerprint density at radius 2 is 2.07 bits per heavy atom. The van der Waals surface area contributed by atoms with Crippen LogP contribution in [0.5, 0.6) is 0 Å². The van der Waals surface area contributed by atoms with Crippen LogP contribution in [0.1, 0.15) is 28.1 Å². The van der Waals surface area contributed by atoms with Crippen LogP contribution in [0, 0.1) is 13.8 Å². The zero-order valence-electron chi connectivity index (χ0n) is 17.3. The van der Waals surface area contributed by atoms with E-state index in [4.69, 9.17) is 4.74 Å². The molecule has 1 aromatic heterocycles. The van der Waals surface area contributed by atoms with E-state index in [-0.39, 0.29) is 11.4 Å². The molecule has 0 aliphatic heterocycles. The average Bonchev–Trinajstić information content (AvgIpc) is 3.01. The Kier molecular flexibility index (Phi) is 9.02. The van der Waals surface area contributed by atoms with Gasteiger partial charge in [0.1, 0.15) is 0 Å². The van der Waals surface area contributed by atoms with Crippen LogP contribution >= 0.6 is 11.3 Å². The van der Waals surface area contributed by atoms with E-state index in [0.29, 0.717) is 25.7 Å². The monoisotopic (exact) mass is 439 g/mol. The molecule has 160 valence electrons. The van der Waals surface area contributed by atoms with Crippen molar-refractivity contribution in [3.63, 3.8) is 0 Å². The van der Waals surface area contributed by atoms with Gasteiger partial charge in [0, 0.05) is 25.1 Å². The predicted molar refractivity (Wildman–Crippen MR) is 117 cm³/mol. The second-order valence-electron chi connectivity index (χ2n) is 6.33. The molecule has 1 heterocycles. The number of methoxy groups -OCH3 is 1. The molecule has 2 aromatic rings. The maximum absolute atomic E-state index is 12.4. The lowest BCUT2D eigenvalue weighted by Gasteiger charge is -2.11. The van der Waals surface area contributed by atoms with E-state index in [1.54, 1.807) is 29.5 Å². The number of nitrogens with zero attached hydrogens (tertiary/aromatic N) is 2. The van der Waals surface area contributed by atoms with Gasteiger partial charge in [-0.05, 0) is 38.5 Å². The van der Waals surface area contributed by atoms with Crippen LogP contribution in [0.3, 0.4) is 0 Å². The third-order valence-corrected chi connectivity index (χ3v) is 6.52. The lowest BCUT2D eigenvalue weighted by Crippen LogP contribution is -2.36. The molecule has 0 radical (unpaired) electrons. The number of aliphatic imine (C=N–C) groups is 1. The third-order valence-electron chi connectivity index (χ3n) is 3.99. The van der Waals surface area contributed by atoms with Crippen LogP contribution in [-0.4, -0.2) is 46.2 Å². The van der Waals surface area contributed by atoms with Crippen molar-refractivity contribution in [3.8, 4) is 0 Å². The second-order valence-corrected chi connectivity index (χ2v) is 9.38. The highest BCUT2D eigenvalue weighted by Crippen LogP contribution is 2.16. The molecule has 0 spiro atoms. The molecular weight excluding hydrogens is 410 g/mol. The van der Waals surface area contributed by atoms with Crippen molar-refractivity contribution in [3.05, 3.63) is 45.4 Å². The number of aryl methyl sites for hydroxylation is 2. The molecule has 0 bridgehead atoms. The third kappa shape index (κ3) is 7.39. The van der Waals surface area contributed by atoms with Gasteiger partial charge in [0.2, 0.25) is 10.0 Å². The van der Waals surface area contributed by atoms with Gasteiger partial charge in [0.15, 0.2) is 5.96 Å². The summed E-state index contributed by atoms with van der Waals surface area (Å²) in [4.78, 5) is 10.4. The summed E-state index contributed by atoms with van der Waals surface area (Å²) in [5.74, 6) is 0.671. The van der Waals surface area contributed by atoms with Crippen LogP contribution in [0.15, 0.2) is 34.2 Å². The number of thiazole rings is 1. The summed E-state index contributed by atoms with van der Waals surface area (Å²) in [5.41, 5.74) is 1.83. The zero-order chi connectivity index (χ0) is 21.3. The predicted octanol–water partition coefficient (Wildman–Crippen LogP) is 1.94. The summed E-state index contributed by atoms with van der Waals surface area (Å²) in [7, 11) is -2.04. The molecule has 0 aliphatic rings. The first-order chi connectivity index (χ1) is 13.9. The highest BCUT2D eigenvalue weighted by Gasteiger charge is 2.13. The molecule has 0 fully saturated rings. The highest BCUT2D eigenvalue weighted by molar-refractivity contribution is 7.89. The van der Waals surface area contributed by atoms with Gasteiger partial charge in [0.25, 0.3) is 0 Å². The largest absolute Gasteiger partial charge is 0.383 e. The Labute approximate surface area is 176 Å². The smallest absolute Gasteiger partial charge is 0.240 e. The van der Waals surface area contributed by atoms with Crippen molar-refractivity contribution in [1.82, 2.24) is 20.3 Å². The maximum Gasteiger partial charge on any atom is 0.240 e. The van der Waals surface area contributed by atoms with Crippen molar-refractivity contribution in [1.29, 1.82) is 0 Å². The number of hydrogen-bond acceptors (Lipinski definition) is 6. The molecule has 0 unspecified atom stereocenters. The van der Waals surface area contributed by atoms with Crippen LogP contribution < -0.4 is 15.4 Å². The van der Waals surface area contributed by atoms with Crippen LogP contribution in [-0.2, 0) is 27.8 Å². The minimum Gasteiger partial charge on any atom is -0.383 e. The Balaban J connectivity index is 2.05. The minimum absolute atomic E-state index is 0.218. The van der Waals surface area contributed by atoms with Crippen molar-refractivity contribution < 1.29 is 13.2 Å². The SMILES string of the molecule is CCNC(=NCc1cccc(S(=O)(=O)NCCOC)c1)NCc1sc(C)nc1C. The Morgan fingerprint density at radius 3 is 2.72 bits per heavy atom. The number of sulfonamides is 1. The van der Waals surface area contributed by atoms with E-state index in [1.165, 1.54) is 12.0 Å². The highest BCUT2D eigenvalue weighted by atomic mass is 32.2. The van der Waals surface area contributed by atoms with Crippen LogP contribution in [0.25, 0.3) is 0 Å². The average molecular weight is 440 g/mol. The van der Waals surface area contributed by atoms with Crippen molar-refractivity contribution in [2.75, 3.05) is 26.8 Å². The molecule has 0 amide bonds. The number of aromatic nitrogens is 1. The van der Waals surface area contributed by atoms with E-state index < -0.39 is 10.0 Å². The Morgan fingerprint density at radius 1 is 1.28 bits per heavy atom. The first kappa shape index (κ1) is 23.3. The van der Waals surface area contributed by atoms with Gasteiger partial charge >= 0.3 is 0 Å². The topological polar surface area (TPSA) is 105 Å². The molecule has 1 aromatic carbocycles. The lowest BCUT2D eigenvalue weighted by atomic mass is 10.2. The van der Waals surface area contributed by atoms with E-state index in [9.17, 15) is 8.42 Å². The molecule has 0 saturated heterocycles. The van der Waals surface area contributed by atoms with Crippen molar-refractivity contribution in [2.45, 2.75) is 38.8 Å². The Hall–Kier alpha value is -2.01. The normalized spacial score (nSPS) is 12.2. The number of benzene rings is 1. The summed E-state index contributed by atoms with van der Waals surface area (Å²) < 4.78 is 32.1. The number of nitrogens with one attached hydrogen (secondary N) is 3. The van der Waals surface area contributed by atoms with Gasteiger partial charge in [-0.3, -0.25) is 0 Å². The maximum atomic E-state index is 12.4. The standard InChI is InChI=1S/C19H29N5O3S2/c1-5-20-19(22-13-18-14(2)24-15(3)28-18)21-12-16-7-6-8-17(11-16)29(25,26)23-9-10-27-4/h6-8,11,23H,5,9-10,12-13H2,1-4H3,(H2,20,21,22). The zero-order valence-corrected chi connectivity index (χ0v) is 18.9. The quantitative estimate of drug-likeness (QED) is 0.297. The molecule has 0 saturated carbocycles. The van der Waals surface area contributed by atoms with Gasteiger partial charge < -0.3 is 15.4 Å². The summed E-state index contributed by atoms with van der Waals surface area (Å²) in [5, 5.41) is 7.55. The molecule has 8 nitrogen and oxygen atoms in total. The molecular formula is C19H29N5O3S2. The van der Waals surface area contributed by atoms with Gasteiger partial charge in [-0.15, -0.1) is 11.3 Å². The molecule has 2 rings (SSSR count). The summed E-state index contributed by atoms with van der Waals surface area (Å²) in [6.45, 7) is 8.26. The van der Waals surface area contributed by atoms with Gasteiger partial charge in [-0.1, -0.05) is 12.1 Å². The number of guanidine groups is 1. The second kappa shape index (κ2) is 11.2. The number of rotatable bonds is 10. The lowest BCUT2D eigenvalue weighted by molar-refractivity contribution is 0.204. The van der Waals surface area contributed by atoms with Gasteiger partial charge in [0.05, 0.1) is 35.3 Å². The fourth-order valence-electron chi connectivity index (χ4n) is 2.59. The molecule has 0 atom stereocenters. The van der Waals surface area contributed by atoms with E-state index >= 15 is 0 Å². The minimum atomic E-state index is -3.57. The summed E-state index contributed by atoms with van der Waals surface area (Å²) >= 11 is 1.66. The van der Waals surface area contributed by atoms with E-state index in [0.717, 1.165) is 22.8 Å². The van der Waals surface area contributed by atoms with E-state index in [2.05, 4.69) is 25.3 Å². The number of hydrogen-bond donors (Lipinski definition) is 3. The Bertz CT molecular complexity index is 926. The first-order valence-electron chi connectivity index (χ1n) is 9.38. The summed E-state index contributed by atoms with van der Waals surface area (Å²) in [6, 6.07) is 6.79. The van der Waals surface area contributed by atoms with Crippen molar-refractivity contribution in [2.24, 2.45) is 4.99 Å². The molecule has 3 N–H and O–H groups in total. The van der Waals surface area contributed by atoms with E-state index in [1.807, 2.05) is 26.8 Å². The molecule has 29 heavy (non-hydrogen) atoms. The fourth-order valence-corrected chi connectivity index (χ4v) is 4.55. The number of ether oxygens (including phenoxy) is 1. The van der Waals surface area contributed by atoms with Crippen molar-refractivity contribution >= 4 is 27.3 Å². The van der Waals surface area contributed by atoms with Crippen LogP contribution in [0.2, 0.25) is 0 Å². The van der Waals surface area contributed by atoms with Gasteiger partial charge in [-0.2, -0.15) is 0 Å². The molecule has 10 heteroatoms. The molecule has 0 aliphatic carbocycles. The fraction of sp³-hybridized carbons (Fsp3) is 0.474. The summed E-state index contributed by atoms with van der Waals surface area (Å²) in [6.07, 6.45) is 0. The van der Waals surface area contributed by atoms with Crippen LogP contribution in [0.4, 0.5) is 0 Å². The first-order valence-corrected chi connectivity index (χ1v) is 11.7.